The Morgan fingerprint density at radius 2 is 1.88 bits per heavy atom. The summed E-state index contributed by atoms with van der Waals surface area (Å²) in [4.78, 5) is 27.1. The van der Waals surface area contributed by atoms with Crippen molar-refractivity contribution in [2.24, 2.45) is 0 Å². The molecule has 130 valence electrons. The smallest absolute Gasteiger partial charge is 0.267 e. The lowest BCUT2D eigenvalue weighted by Crippen LogP contribution is -2.33. The quantitative estimate of drug-likeness (QED) is 0.547. The molecule has 0 bridgehead atoms. The summed E-state index contributed by atoms with van der Waals surface area (Å²) < 4.78 is 5.47. The summed E-state index contributed by atoms with van der Waals surface area (Å²) in [6.07, 6.45) is 0.735. The van der Waals surface area contributed by atoms with Crippen LogP contribution in [0.2, 0.25) is 0 Å². The lowest BCUT2D eigenvalue weighted by molar-refractivity contribution is -0.136. The van der Waals surface area contributed by atoms with Crippen molar-refractivity contribution in [3.63, 3.8) is 0 Å². The number of hydrogen-bond donors (Lipinski definition) is 1. The van der Waals surface area contributed by atoms with E-state index >= 15 is 0 Å². The minimum Gasteiger partial charge on any atom is -0.396 e. The van der Waals surface area contributed by atoms with Crippen LogP contribution in [-0.2, 0) is 14.3 Å². The highest BCUT2D eigenvalue weighted by atomic mass is 32.2. The first kappa shape index (κ1) is 18.7. The summed E-state index contributed by atoms with van der Waals surface area (Å²) in [5.74, 6) is -0.160. The third-order valence-corrected chi connectivity index (χ3v) is 4.56. The van der Waals surface area contributed by atoms with E-state index in [0.717, 1.165) is 5.56 Å². The maximum absolute atomic E-state index is 12.7. The van der Waals surface area contributed by atoms with E-state index in [1.165, 1.54) is 16.7 Å². The molecule has 1 aromatic rings. The molecule has 1 heterocycles. The molecule has 0 saturated carbocycles. The molecule has 0 unspecified atom stereocenters. The number of nitrogens with zero attached hydrogens (tertiary/aromatic N) is 1. The SMILES string of the molecule is CC(C)OCCCN1C(=O)C(SCCO)=C(c2ccccc2)C1=O. The molecule has 1 aliphatic heterocycles. The normalized spacial score (nSPS) is 15.1. The number of thioether (sulfide) groups is 1. The summed E-state index contributed by atoms with van der Waals surface area (Å²) >= 11 is 1.23. The van der Waals surface area contributed by atoms with Gasteiger partial charge in [0.05, 0.1) is 23.2 Å². The van der Waals surface area contributed by atoms with Crippen molar-refractivity contribution in [3.8, 4) is 0 Å². The van der Waals surface area contributed by atoms with Gasteiger partial charge in [-0.25, -0.2) is 0 Å². The zero-order chi connectivity index (χ0) is 17.5. The number of aliphatic hydroxyl groups is 1. The highest BCUT2D eigenvalue weighted by Gasteiger charge is 2.38. The van der Waals surface area contributed by atoms with Gasteiger partial charge < -0.3 is 9.84 Å². The Bertz CT molecular complexity index is 613. The van der Waals surface area contributed by atoms with Crippen LogP contribution >= 0.6 is 11.8 Å². The summed E-state index contributed by atoms with van der Waals surface area (Å²) in [7, 11) is 0. The van der Waals surface area contributed by atoms with Gasteiger partial charge in [-0.1, -0.05) is 30.3 Å². The maximum Gasteiger partial charge on any atom is 0.267 e. The van der Waals surface area contributed by atoms with Crippen LogP contribution in [0.1, 0.15) is 25.8 Å². The zero-order valence-electron chi connectivity index (χ0n) is 14.0. The van der Waals surface area contributed by atoms with Gasteiger partial charge in [-0.3, -0.25) is 14.5 Å². The summed E-state index contributed by atoms with van der Waals surface area (Å²) in [5, 5.41) is 9.06. The molecular weight excluding hydrogens is 326 g/mol. The third kappa shape index (κ3) is 4.47. The minimum atomic E-state index is -0.276. The van der Waals surface area contributed by atoms with Crippen LogP contribution in [0.25, 0.3) is 5.57 Å². The Hall–Kier alpha value is -1.63. The van der Waals surface area contributed by atoms with Gasteiger partial charge in [-0.15, -0.1) is 11.8 Å². The summed E-state index contributed by atoms with van der Waals surface area (Å²) in [6, 6.07) is 9.20. The molecule has 24 heavy (non-hydrogen) atoms. The molecule has 6 heteroatoms. The molecule has 0 aliphatic carbocycles. The molecule has 1 aromatic carbocycles. The van der Waals surface area contributed by atoms with Crippen LogP contribution < -0.4 is 0 Å². The number of carbonyl (C=O) groups excluding carboxylic acids is 2. The Kier molecular flexibility index (Phi) is 7.02. The number of ether oxygens (including phenoxy) is 1. The van der Waals surface area contributed by atoms with Gasteiger partial charge in [0.15, 0.2) is 0 Å². The molecule has 0 fully saturated rings. The lowest BCUT2D eigenvalue weighted by atomic mass is 10.1. The molecule has 5 nitrogen and oxygen atoms in total. The number of aliphatic hydroxyl groups excluding tert-OH is 1. The summed E-state index contributed by atoms with van der Waals surface area (Å²) in [6.45, 7) is 4.70. The molecule has 1 aliphatic rings. The molecule has 0 radical (unpaired) electrons. The van der Waals surface area contributed by atoms with Crippen LogP contribution in [0.5, 0.6) is 0 Å². The minimum absolute atomic E-state index is 0.0417. The monoisotopic (exact) mass is 349 g/mol. The predicted octanol–water partition coefficient (Wildman–Crippen LogP) is 2.31. The Balaban J connectivity index is 2.16. The van der Waals surface area contributed by atoms with E-state index in [9.17, 15) is 9.59 Å². The first-order valence-corrected chi connectivity index (χ1v) is 9.06. The maximum atomic E-state index is 12.7. The van der Waals surface area contributed by atoms with Crippen molar-refractivity contribution in [2.45, 2.75) is 26.4 Å². The average Bonchev–Trinajstić information content (AvgIpc) is 2.81. The van der Waals surface area contributed by atoms with E-state index in [0.29, 0.717) is 35.8 Å². The molecule has 0 atom stereocenters. The Labute approximate surface area is 146 Å². The van der Waals surface area contributed by atoms with E-state index in [4.69, 9.17) is 9.84 Å². The van der Waals surface area contributed by atoms with Gasteiger partial charge in [0, 0.05) is 18.9 Å². The second kappa shape index (κ2) is 9.01. The number of carbonyl (C=O) groups is 2. The topological polar surface area (TPSA) is 66.8 Å². The molecule has 0 saturated heterocycles. The fraction of sp³-hybridized carbons (Fsp3) is 0.444. The Morgan fingerprint density at radius 1 is 1.17 bits per heavy atom. The highest BCUT2D eigenvalue weighted by Crippen LogP contribution is 2.35. The summed E-state index contributed by atoms with van der Waals surface area (Å²) in [5.41, 5.74) is 1.17. The van der Waals surface area contributed by atoms with Gasteiger partial charge in [0.25, 0.3) is 11.8 Å². The van der Waals surface area contributed by atoms with Gasteiger partial charge in [-0.05, 0) is 25.8 Å². The molecule has 0 aromatic heterocycles. The third-order valence-electron chi connectivity index (χ3n) is 3.50. The fourth-order valence-corrected chi connectivity index (χ4v) is 3.32. The molecule has 2 rings (SSSR count). The lowest BCUT2D eigenvalue weighted by Gasteiger charge is -2.15. The number of benzene rings is 1. The first-order valence-electron chi connectivity index (χ1n) is 8.07. The van der Waals surface area contributed by atoms with Crippen LogP contribution in [0.4, 0.5) is 0 Å². The highest BCUT2D eigenvalue weighted by molar-refractivity contribution is 8.04. The van der Waals surface area contributed by atoms with Crippen LogP contribution in [0.3, 0.4) is 0 Å². The Morgan fingerprint density at radius 3 is 2.50 bits per heavy atom. The second-order valence-corrected chi connectivity index (χ2v) is 6.78. The molecule has 0 spiro atoms. The van der Waals surface area contributed by atoms with Crippen molar-refractivity contribution in [1.82, 2.24) is 4.90 Å². The predicted molar refractivity (Wildman–Crippen MR) is 95.3 cm³/mol. The zero-order valence-corrected chi connectivity index (χ0v) is 14.8. The van der Waals surface area contributed by atoms with Crippen molar-refractivity contribution < 1.29 is 19.4 Å². The number of hydrogen-bond acceptors (Lipinski definition) is 5. The van der Waals surface area contributed by atoms with E-state index in [2.05, 4.69) is 0 Å². The molecule has 2 amide bonds. The number of amides is 2. The van der Waals surface area contributed by atoms with E-state index in [1.54, 1.807) is 0 Å². The van der Waals surface area contributed by atoms with Crippen molar-refractivity contribution in [3.05, 3.63) is 40.8 Å². The van der Waals surface area contributed by atoms with Crippen molar-refractivity contribution in [1.29, 1.82) is 0 Å². The largest absolute Gasteiger partial charge is 0.396 e. The van der Waals surface area contributed by atoms with Gasteiger partial charge >= 0.3 is 0 Å². The first-order chi connectivity index (χ1) is 11.6. The van der Waals surface area contributed by atoms with E-state index < -0.39 is 0 Å². The average molecular weight is 349 g/mol. The second-order valence-electron chi connectivity index (χ2n) is 5.68. The van der Waals surface area contributed by atoms with Gasteiger partial charge in [0.1, 0.15) is 0 Å². The van der Waals surface area contributed by atoms with E-state index in [1.807, 2.05) is 44.2 Å². The molecule has 1 N–H and O–H groups in total. The standard InChI is InChI=1S/C18H23NO4S/c1-13(2)23-11-6-9-19-17(21)15(14-7-4-3-5-8-14)16(18(19)22)24-12-10-20/h3-5,7-8,13,20H,6,9-12H2,1-2H3. The number of rotatable bonds is 9. The fourth-order valence-electron chi connectivity index (χ4n) is 2.44. The van der Waals surface area contributed by atoms with Crippen molar-refractivity contribution >= 4 is 29.1 Å². The van der Waals surface area contributed by atoms with Crippen LogP contribution in [-0.4, -0.2) is 53.4 Å². The van der Waals surface area contributed by atoms with Crippen LogP contribution in [0, 0.1) is 0 Å². The van der Waals surface area contributed by atoms with E-state index in [-0.39, 0.29) is 24.5 Å². The molecular formula is C18H23NO4S. The van der Waals surface area contributed by atoms with Gasteiger partial charge in [0.2, 0.25) is 0 Å². The van der Waals surface area contributed by atoms with Crippen molar-refractivity contribution in [2.75, 3.05) is 25.5 Å². The van der Waals surface area contributed by atoms with Gasteiger partial charge in [-0.2, -0.15) is 0 Å². The number of imide groups is 1. The van der Waals surface area contributed by atoms with Crippen LogP contribution in [0.15, 0.2) is 35.2 Å².